The normalized spacial score (nSPS) is 10.2. The minimum absolute atomic E-state index is 0.379. The molecule has 3 nitrogen and oxygen atoms in total. The second-order valence-corrected chi connectivity index (χ2v) is 5.44. The van der Waals surface area contributed by atoms with E-state index in [1.807, 2.05) is 30.3 Å². The SMILES string of the molecule is NC(=O)c1csc(CNc2ccc(Br)cc2)c1. The van der Waals surface area contributed by atoms with E-state index in [9.17, 15) is 4.79 Å². The first-order chi connectivity index (χ1) is 8.15. The van der Waals surface area contributed by atoms with Gasteiger partial charge in [-0.2, -0.15) is 0 Å². The molecule has 1 aromatic heterocycles. The molecule has 17 heavy (non-hydrogen) atoms. The molecule has 1 aromatic carbocycles. The summed E-state index contributed by atoms with van der Waals surface area (Å²) in [5.41, 5.74) is 6.81. The number of rotatable bonds is 4. The van der Waals surface area contributed by atoms with E-state index < -0.39 is 0 Å². The van der Waals surface area contributed by atoms with Gasteiger partial charge in [-0.25, -0.2) is 0 Å². The largest absolute Gasteiger partial charge is 0.380 e. The van der Waals surface area contributed by atoms with Gasteiger partial charge in [-0.1, -0.05) is 15.9 Å². The van der Waals surface area contributed by atoms with E-state index in [4.69, 9.17) is 5.73 Å². The third-order valence-corrected chi connectivity index (χ3v) is 3.71. The summed E-state index contributed by atoms with van der Waals surface area (Å²) in [6.07, 6.45) is 0. The number of hydrogen-bond acceptors (Lipinski definition) is 3. The monoisotopic (exact) mass is 310 g/mol. The van der Waals surface area contributed by atoms with Gasteiger partial charge in [0.2, 0.25) is 5.91 Å². The Morgan fingerprint density at radius 3 is 2.65 bits per heavy atom. The molecule has 0 spiro atoms. The van der Waals surface area contributed by atoms with Crippen LogP contribution in [-0.2, 0) is 6.54 Å². The first-order valence-electron chi connectivity index (χ1n) is 5.02. The van der Waals surface area contributed by atoms with Gasteiger partial charge in [0.1, 0.15) is 0 Å². The number of amides is 1. The van der Waals surface area contributed by atoms with E-state index in [1.165, 1.54) is 11.3 Å². The van der Waals surface area contributed by atoms with Crippen LogP contribution in [0.15, 0.2) is 40.2 Å². The van der Waals surface area contributed by atoms with Gasteiger partial charge in [-0.3, -0.25) is 4.79 Å². The van der Waals surface area contributed by atoms with Crippen LogP contribution in [0, 0.1) is 0 Å². The van der Waals surface area contributed by atoms with Gasteiger partial charge >= 0.3 is 0 Å². The molecule has 2 aromatic rings. The van der Waals surface area contributed by atoms with E-state index in [-0.39, 0.29) is 5.91 Å². The average Bonchev–Trinajstić information content (AvgIpc) is 2.77. The van der Waals surface area contributed by atoms with Crippen molar-refractivity contribution in [3.8, 4) is 0 Å². The molecule has 0 fully saturated rings. The quantitative estimate of drug-likeness (QED) is 0.911. The van der Waals surface area contributed by atoms with Gasteiger partial charge < -0.3 is 11.1 Å². The Bertz CT molecular complexity index is 522. The van der Waals surface area contributed by atoms with Crippen molar-refractivity contribution in [3.05, 3.63) is 50.6 Å². The highest BCUT2D eigenvalue weighted by Gasteiger charge is 2.04. The fourth-order valence-electron chi connectivity index (χ4n) is 1.36. The molecular weight excluding hydrogens is 300 g/mol. The molecule has 2 rings (SSSR count). The molecule has 0 saturated carbocycles. The molecule has 0 atom stereocenters. The van der Waals surface area contributed by atoms with E-state index in [0.717, 1.165) is 15.0 Å². The number of thiophene rings is 1. The number of anilines is 1. The topological polar surface area (TPSA) is 55.1 Å². The second-order valence-electron chi connectivity index (χ2n) is 3.53. The average molecular weight is 311 g/mol. The molecule has 3 N–H and O–H groups in total. The summed E-state index contributed by atoms with van der Waals surface area (Å²) >= 11 is 4.91. The standard InChI is InChI=1S/C12H11BrN2OS/c13-9-1-3-10(4-2-9)15-6-11-5-8(7-17-11)12(14)16/h1-5,7,15H,6H2,(H2,14,16). The third-order valence-electron chi connectivity index (χ3n) is 2.25. The maximum absolute atomic E-state index is 10.9. The third kappa shape index (κ3) is 3.31. The lowest BCUT2D eigenvalue weighted by Crippen LogP contribution is -2.09. The van der Waals surface area contributed by atoms with E-state index in [2.05, 4.69) is 21.2 Å². The summed E-state index contributed by atoms with van der Waals surface area (Å²) in [6, 6.07) is 9.76. The summed E-state index contributed by atoms with van der Waals surface area (Å²) in [7, 11) is 0. The molecule has 1 heterocycles. The summed E-state index contributed by atoms with van der Waals surface area (Å²) in [5.74, 6) is -0.379. The molecule has 0 unspecified atom stereocenters. The highest BCUT2D eigenvalue weighted by atomic mass is 79.9. The zero-order valence-electron chi connectivity index (χ0n) is 8.94. The van der Waals surface area contributed by atoms with Crippen molar-refractivity contribution in [1.82, 2.24) is 0 Å². The van der Waals surface area contributed by atoms with Crippen LogP contribution in [-0.4, -0.2) is 5.91 Å². The Labute approximate surface area is 112 Å². The number of hydrogen-bond donors (Lipinski definition) is 2. The summed E-state index contributed by atoms with van der Waals surface area (Å²) in [5, 5.41) is 5.06. The van der Waals surface area contributed by atoms with Crippen LogP contribution in [0.1, 0.15) is 15.2 Å². The lowest BCUT2D eigenvalue weighted by atomic mass is 10.3. The van der Waals surface area contributed by atoms with Gasteiger partial charge in [0, 0.05) is 27.0 Å². The van der Waals surface area contributed by atoms with Crippen molar-refractivity contribution in [1.29, 1.82) is 0 Å². The van der Waals surface area contributed by atoms with Gasteiger partial charge in [0.05, 0.1) is 5.56 Å². The zero-order valence-corrected chi connectivity index (χ0v) is 11.3. The van der Waals surface area contributed by atoms with Gasteiger partial charge in [0.15, 0.2) is 0 Å². The molecule has 5 heteroatoms. The van der Waals surface area contributed by atoms with Gasteiger partial charge in [-0.05, 0) is 30.3 Å². The van der Waals surface area contributed by atoms with Crippen molar-refractivity contribution in [2.75, 3.05) is 5.32 Å². The summed E-state index contributed by atoms with van der Waals surface area (Å²) < 4.78 is 1.05. The molecular formula is C12H11BrN2OS. The van der Waals surface area contributed by atoms with Crippen LogP contribution in [0.5, 0.6) is 0 Å². The lowest BCUT2D eigenvalue weighted by Gasteiger charge is -2.04. The molecule has 1 amide bonds. The molecule has 0 saturated heterocycles. The fourth-order valence-corrected chi connectivity index (χ4v) is 2.44. The van der Waals surface area contributed by atoms with E-state index in [1.54, 1.807) is 5.38 Å². The highest BCUT2D eigenvalue weighted by Crippen LogP contribution is 2.18. The van der Waals surface area contributed by atoms with Crippen LogP contribution in [0.2, 0.25) is 0 Å². The van der Waals surface area contributed by atoms with Crippen LogP contribution in [0.4, 0.5) is 5.69 Å². The molecule has 0 aliphatic carbocycles. The maximum Gasteiger partial charge on any atom is 0.249 e. The fraction of sp³-hybridized carbons (Fsp3) is 0.0833. The number of halogens is 1. The molecule has 0 radical (unpaired) electrons. The molecule has 0 aliphatic heterocycles. The molecule has 88 valence electrons. The predicted molar refractivity (Wildman–Crippen MR) is 74.3 cm³/mol. The zero-order chi connectivity index (χ0) is 12.3. The van der Waals surface area contributed by atoms with Crippen molar-refractivity contribution >= 4 is 38.9 Å². The van der Waals surface area contributed by atoms with Crippen LogP contribution >= 0.6 is 27.3 Å². The Hall–Kier alpha value is -1.33. The van der Waals surface area contributed by atoms with Crippen LogP contribution < -0.4 is 11.1 Å². The smallest absolute Gasteiger partial charge is 0.249 e. The number of carbonyl (C=O) groups is 1. The van der Waals surface area contributed by atoms with Crippen LogP contribution in [0.3, 0.4) is 0 Å². The summed E-state index contributed by atoms with van der Waals surface area (Å²) in [4.78, 5) is 12.0. The van der Waals surface area contributed by atoms with Crippen molar-refractivity contribution in [2.24, 2.45) is 5.73 Å². The first kappa shape index (κ1) is 12.1. The van der Waals surface area contributed by atoms with Crippen molar-refractivity contribution in [3.63, 3.8) is 0 Å². The van der Waals surface area contributed by atoms with Gasteiger partial charge in [-0.15, -0.1) is 11.3 Å². The Kier molecular flexibility index (Phi) is 3.81. The Morgan fingerprint density at radius 2 is 2.06 bits per heavy atom. The van der Waals surface area contributed by atoms with Crippen LogP contribution in [0.25, 0.3) is 0 Å². The van der Waals surface area contributed by atoms with Crippen molar-refractivity contribution < 1.29 is 4.79 Å². The number of primary amides is 1. The number of nitrogens with two attached hydrogens (primary N) is 1. The van der Waals surface area contributed by atoms with E-state index in [0.29, 0.717) is 12.1 Å². The molecule has 0 aliphatic rings. The highest BCUT2D eigenvalue weighted by molar-refractivity contribution is 9.10. The minimum atomic E-state index is -0.379. The first-order valence-corrected chi connectivity index (χ1v) is 6.69. The summed E-state index contributed by atoms with van der Waals surface area (Å²) in [6.45, 7) is 0.694. The Balaban J connectivity index is 1.97. The number of nitrogens with one attached hydrogen (secondary N) is 1. The number of carbonyl (C=O) groups excluding carboxylic acids is 1. The second kappa shape index (κ2) is 5.33. The molecule has 0 bridgehead atoms. The van der Waals surface area contributed by atoms with E-state index >= 15 is 0 Å². The maximum atomic E-state index is 10.9. The predicted octanol–water partition coefficient (Wildman–Crippen LogP) is 3.22. The minimum Gasteiger partial charge on any atom is -0.380 e. The van der Waals surface area contributed by atoms with Crippen molar-refractivity contribution in [2.45, 2.75) is 6.54 Å². The number of benzene rings is 1. The van der Waals surface area contributed by atoms with Gasteiger partial charge in [0.25, 0.3) is 0 Å². The Morgan fingerprint density at radius 1 is 1.35 bits per heavy atom. The lowest BCUT2D eigenvalue weighted by molar-refractivity contribution is 0.100.